The second-order valence-corrected chi connectivity index (χ2v) is 5.23. The van der Waals surface area contributed by atoms with Gasteiger partial charge in [-0.25, -0.2) is 4.39 Å². The van der Waals surface area contributed by atoms with Crippen LogP contribution < -0.4 is 16.6 Å². The first kappa shape index (κ1) is 13.5. The van der Waals surface area contributed by atoms with E-state index in [2.05, 4.69) is 21.2 Å². The van der Waals surface area contributed by atoms with E-state index in [9.17, 15) is 18.8 Å². The van der Waals surface area contributed by atoms with Crippen LogP contribution in [0.15, 0.2) is 33.5 Å². The Morgan fingerprint density at radius 3 is 2.52 bits per heavy atom. The van der Waals surface area contributed by atoms with Crippen molar-refractivity contribution in [2.75, 3.05) is 5.73 Å². The molecule has 3 rings (SSSR count). The standard InChI is InChI=1S/C13H7BrFN3O3/c14-7-3-5(1-2-8(7)15)18-9(19)4-6-10(11(18)16)13(21)17-12(6)20/h1-4H,16H2,(H,17,20,21). The fraction of sp³-hybridized carbons (Fsp3) is 0. The van der Waals surface area contributed by atoms with Crippen LogP contribution in [0.1, 0.15) is 20.7 Å². The van der Waals surface area contributed by atoms with Crippen LogP contribution in [0.25, 0.3) is 5.69 Å². The first-order valence-corrected chi connectivity index (χ1v) is 6.56. The summed E-state index contributed by atoms with van der Waals surface area (Å²) in [4.78, 5) is 35.4. The number of nitrogens with one attached hydrogen (secondary N) is 1. The van der Waals surface area contributed by atoms with Gasteiger partial charge in [-0.2, -0.15) is 0 Å². The summed E-state index contributed by atoms with van der Waals surface area (Å²) in [6.45, 7) is 0. The number of carbonyl (C=O) groups is 2. The van der Waals surface area contributed by atoms with Gasteiger partial charge < -0.3 is 5.73 Å². The van der Waals surface area contributed by atoms with E-state index in [4.69, 9.17) is 5.73 Å². The highest BCUT2D eigenvalue weighted by atomic mass is 79.9. The Kier molecular flexibility index (Phi) is 2.91. The van der Waals surface area contributed by atoms with E-state index in [0.29, 0.717) is 0 Å². The Bertz CT molecular complexity index is 876. The summed E-state index contributed by atoms with van der Waals surface area (Å²) in [6.07, 6.45) is 0. The average molecular weight is 352 g/mol. The first-order chi connectivity index (χ1) is 9.90. The molecule has 1 aliphatic heterocycles. The van der Waals surface area contributed by atoms with Crippen molar-refractivity contribution >= 4 is 33.6 Å². The Labute approximate surface area is 125 Å². The molecule has 0 saturated heterocycles. The van der Waals surface area contributed by atoms with E-state index in [1.165, 1.54) is 12.1 Å². The van der Waals surface area contributed by atoms with Crippen LogP contribution in [-0.4, -0.2) is 16.4 Å². The molecule has 0 saturated carbocycles. The quantitative estimate of drug-likeness (QED) is 0.755. The van der Waals surface area contributed by atoms with Crippen molar-refractivity contribution in [2.45, 2.75) is 0 Å². The van der Waals surface area contributed by atoms with Gasteiger partial charge in [-0.1, -0.05) is 0 Å². The van der Waals surface area contributed by atoms with Crippen molar-refractivity contribution in [1.82, 2.24) is 9.88 Å². The molecule has 0 atom stereocenters. The Morgan fingerprint density at radius 1 is 1.14 bits per heavy atom. The number of hydrogen-bond acceptors (Lipinski definition) is 4. The van der Waals surface area contributed by atoms with Crippen molar-refractivity contribution in [3.8, 4) is 5.69 Å². The molecule has 21 heavy (non-hydrogen) atoms. The van der Waals surface area contributed by atoms with Crippen molar-refractivity contribution in [3.63, 3.8) is 0 Å². The fourth-order valence-corrected chi connectivity index (χ4v) is 2.54. The molecule has 0 spiro atoms. The number of pyridine rings is 1. The molecule has 1 aliphatic rings. The lowest BCUT2D eigenvalue weighted by molar-refractivity contribution is 0.0880. The van der Waals surface area contributed by atoms with Crippen molar-refractivity contribution < 1.29 is 14.0 Å². The summed E-state index contributed by atoms with van der Waals surface area (Å²) in [7, 11) is 0. The van der Waals surface area contributed by atoms with Gasteiger partial charge in [0.1, 0.15) is 11.6 Å². The third-order valence-electron chi connectivity index (χ3n) is 3.11. The number of fused-ring (bicyclic) bond motifs is 1. The second-order valence-electron chi connectivity index (χ2n) is 4.37. The molecule has 0 bridgehead atoms. The van der Waals surface area contributed by atoms with Crippen molar-refractivity contribution in [2.24, 2.45) is 0 Å². The first-order valence-electron chi connectivity index (χ1n) is 5.77. The number of rotatable bonds is 1. The molecular weight excluding hydrogens is 345 g/mol. The van der Waals surface area contributed by atoms with Gasteiger partial charge in [0.2, 0.25) is 0 Å². The topological polar surface area (TPSA) is 94.2 Å². The van der Waals surface area contributed by atoms with E-state index < -0.39 is 23.2 Å². The van der Waals surface area contributed by atoms with Crippen LogP contribution in [0.3, 0.4) is 0 Å². The monoisotopic (exact) mass is 351 g/mol. The average Bonchev–Trinajstić information content (AvgIpc) is 2.69. The molecule has 1 aromatic carbocycles. The van der Waals surface area contributed by atoms with Crippen LogP contribution in [0.4, 0.5) is 10.2 Å². The zero-order valence-electron chi connectivity index (χ0n) is 10.3. The highest BCUT2D eigenvalue weighted by Gasteiger charge is 2.31. The summed E-state index contributed by atoms with van der Waals surface area (Å²) < 4.78 is 14.5. The summed E-state index contributed by atoms with van der Waals surface area (Å²) >= 11 is 3.01. The fourth-order valence-electron chi connectivity index (χ4n) is 2.17. The van der Waals surface area contributed by atoms with Gasteiger partial charge in [0, 0.05) is 6.07 Å². The Hall–Kier alpha value is -2.48. The minimum atomic E-state index is -0.664. The van der Waals surface area contributed by atoms with Gasteiger partial charge in [0.05, 0.1) is 21.3 Å². The number of aromatic nitrogens is 1. The summed E-state index contributed by atoms with van der Waals surface area (Å²) in [5.41, 5.74) is 5.43. The van der Waals surface area contributed by atoms with Crippen molar-refractivity contribution in [3.05, 3.63) is 56.0 Å². The minimum absolute atomic E-state index is 0.0555. The maximum Gasteiger partial charge on any atom is 0.262 e. The smallest absolute Gasteiger partial charge is 0.262 e. The zero-order chi connectivity index (χ0) is 15.3. The summed E-state index contributed by atoms with van der Waals surface area (Å²) in [6, 6.07) is 4.89. The molecule has 2 heterocycles. The van der Waals surface area contributed by atoms with Crippen LogP contribution in [0, 0.1) is 5.82 Å². The van der Waals surface area contributed by atoms with Crippen LogP contribution in [0.2, 0.25) is 0 Å². The lowest BCUT2D eigenvalue weighted by Gasteiger charge is -2.12. The zero-order valence-corrected chi connectivity index (χ0v) is 11.9. The van der Waals surface area contributed by atoms with Gasteiger partial charge in [0.25, 0.3) is 17.4 Å². The molecular formula is C13H7BrFN3O3. The molecule has 2 amide bonds. The number of carbonyl (C=O) groups excluding carboxylic acids is 2. The number of nitrogen functional groups attached to an aromatic ring is 1. The number of nitrogens with zero attached hydrogens (tertiary/aromatic N) is 1. The number of anilines is 1. The molecule has 0 aliphatic carbocycles. The van der Waals surface area contributed by atoms with E-state index in [1.54, 1.807) is 0 Å². The SMILES string of the molecule is Nc1c2c(cc(=O)n1-c1ccc(F)c(Br)c1)C(=O)NC2=O. The normalized spacial score (nSPS) is 13.2. The number of imide groups is 1. The predicted molar refractivity (Wildman–Crippen MR) is 75.9 cm³/mol. The maximum atomic E-state index is 13.3. The van der Waals surface area contributed by atoms with Crippen molar-refractivity contribution in [1.29, 1.82) is 0 Å². The van der Waals surface area contributed by atoms with Crippen LogP contribution >= 0.6 is 15.9 Å². The third-order valence-corrected chi connectivity index (χ3v) is 3.72. The lowest BCUT2D eigenvalue weighted by Crippen LogP contribution is -2.24. The van der Waals surface area contributed by atoms with Gasteiger partial charge in [-0.3, -0.25) is 24.3 Å². The summed E-state index contributed by atoms with van der Waals surface area (Å²) in [5.74, 6) is -1.99. The van der Waals surface area contributed by atoms with Gasteiger partial charge in [0.15, 0.2) is 0 Å². The van der Waals surface area contributed by atoms with Gasteiger partial charge >= 0.3 is 0 Å². The minimum Gasteiger partial charge on any atom is -0.384 e. The van der Waals surface area contributed by atoms with Crippen LogP contribution in [0.5, 0.6) is 0 Å². The van der Waals surface area contributed by atoms with E-state index in [-0.39, 0.29) is 27.1 Å². The molecule has 1 aromatic heterocycles. The third kappa shape index (κ3) is 1.95. The molecule has 106 valence electrons. The number of nitrogens with two attached hydrogens (primary N) is 1. The highest BCUT2D eigenvalue weighted by Crippen LogP contribution is 2.25. The molecule has 0 radical (unpaired) electrons. The molecule has 0 unspecified atom stereocenters. The molecule has 2 aromatic rings. The van der Waals surface area contributed by atoms with Gasteiger partial charge in [-0.05, 0) is 34.1 Å². The lowest BCUT2D eigenvalue weighted by atomic mass is 10.1. The molecule has 3 N–H and O–H groups in total. The Morgan fingerprint density at radius 2 is 1.86 bits per heavy atom. The van der Waals surface area contributed by atoms with E-state index in [1.807, 2.05) is 0 Å². The Balaban J connectivity index is 2.32. The maximum absolute atomic E-state index is 13.3. The number of hydrogen-bond donors (Lipinski definition) is 2. The largest absolute Gasteiger partial charge is 0.384 e. The van der Waals surface area contributed by atoms with Crippen LogP contribution in [-0.2, 0) is 0 Å². The number of halogens is 2. The molecule has 8 heteroatoms. The number of benzene rings is 1. The summed E-state index contributed by atoms with van der Waals surface area (Å²) in [5, 5.41) is 2.07. The van der Waals surface area contributed by atoms with Gasteiger partial charge in [-0.15, -0.1) is 0 Å². The predicted octanol–water partition coefficient (Wildman–Crippen LogP) is 1.20. The molecule has 6 nitrogen and oxygen atoms in total. The number of amides is 2. The van der Waals surface area contributed by atoms with E-state index in [0.717, 1.165) is 16.7 Å². The molecule has 0 fully saturated rings. The highest BCUT2D eigenvalue weighted by molar-refractivity contribution is 9.10. The second kappa shape index (κ2) is 4.52. The van der Waals surface area contributed by atoms with E-state index >= 15 is 0 Å².